The Hall–Kier alpha value is -1.54. The maximum atomic E-state index is 12.2. The van der Waals surface area contributed by atoms with Crippen molar-refractivity contribution in [1.82, 2.24) is 15.5 Å². The largest absolute Gasteiger partial charge is 0.392 e. The van der Waals surface area contributed by atoms with E-state index in [0.717, 1.165) is 0 Å². The van der Waals surface area contributed by atoms with E-state index in [-0.39, 0.29) is 17.4 Å². The second-order valence-electron chi connectivity index (χ2n) is 4.09. The van der Waals surface area contributed by atoms with Gasteiger partial charge in [0.05, 0.1) is 11.5 Å². The van der Waals surface area contributed by atoms with Crippen LogP contribution in [-0.2, 0) is 16.1 Å². The van der Waals surface area contributed by atoms with E-state index < -0.39 is 5.41 Å². The van der Waals surface area contributed by atoms with Crippen molar-refractivity contribution in [3.63, 3.8) is 0 Å². The monoisotopic (exact) mass is 270 g/mol. The summed E-state index contributed by atoms with van der Waals surface area (Å²) in [5.74, 6) is 0.205. The molecule has 0 atom stereocenters. The Morgan fingerprint density at radius 2 is 2.28 bits per heavy atom. The molecule has 0 aliphatic carbocycles. The molecule has 0 spiro atoms. The number of hydrogen-bond acceptors (Lipinski definition) is 6. The molecule has 7 nitrogen and oxygen atoms in total. The Morgan fingerprint density at radius 1 is 1.56 bits per heavy atom. The maximum absolute atomic E-state index is 12.2. The maximum Gasteiger partial charge on any atom is 0.233 e. The van der Waals surface area contributed by atoms with Crippen LogP contribution in [0.1, 0.15) is 18.7 Å². The van der Waals surface area contributed by atoms with Crippen molar-refractivity contribution in [1.29, 1.82) is 0 Å². The zero-order chi connectivity index (χ0) is 13.0. The van der Waals surface area contributed by atoms with E-state index in [0.29, 0.717) is 31.9 Å². The highest BCUT2D eigenvalue weighted by Crippen LogP contribution is 2.31. The van der Waals surface area contributed by atoms with Crippen LogP contribution in [0.25, 0.3) is 0 Å². The molecule has 8 heteroatoms. The van der Waals surface area contributed by atoms with Gasteiger partial charge in [-0.1, -0.05) is 17.4 Å². The molecule has 18 heavy (non-hydrogen) atoms. The molecule has 1 aliphatic heterocycles. The molecule has 2 heterocycles. The van der Waals surface area contributed by atoms with Gasteiger partial charge in [-0.05, 0) is 12.8 Å². The van der Waals surface area contributed by atoms with Gasteiger partial charge in [-0.15, -0.1) is 0 Å². The summed E-state index contributed by atoms with van der Waals surface area (Å²) in [5, 5.41) is 6.34. The normalized spacial score (nSPS) is 18.2. The van der Waals surface area contributed by atoms with Gasteiger partial charge in [0.1, 0.15) is 5.41 Å². The Balaban J connectivity index is 2.02. The van der Waals surface area contributed by atoms with E-state index in [1.54, 1.807) is 0 Å². The number of carbonyl (C=O) groups is 1. The number of nitrogens with two attached hydrogens (primary N) is 1. The molecule has 0 saturated carbocycles. The third kappa shape index (κ3) is 2.49. The van der Waals surface area contributed by atoms with E-state index in [9.17, 15) is 4.79 Å². The Morgan fingerprint density at radius 3 is 2.83 bits per heavy atom. The topological polar surface area (TPSA) is 103 Å². The van der Waals surface area contributed by atoms with Crippen LogP contribution in [0, 0.1) is 5.41 Å². The van der Waals surface area contributed by atoms with E-state index in [4.69, 9.17) is 22.7 Å². The van der Waals surface area contributed by atoms with Gasteiger partial charge < -0.3 is 20.3 Å². The van der Waals surface area contributed by atoms with Crippen molar-refractivity contribution in [2.75, 3.05) is 13.2 Å². The van der Waals surface area contributed by atoms with Gasteiger partial charge in [0.15, 0.2) is 5.82 Å². The fourth-order valence-electron chi connectivity index (χ4n) is 1.90. The number of nitrogens with one attached hydrogen (secondary N) is 1. The average Bonchev–Trinajstić information content (AvgIpc) is 2.89. The minimum atomic E-state index is -0.822. The summed E-state index contributed by atoms with van der Waals surface area (Å²) < 4.78 is 9.82. The van der Waals surface area contributed by atoms with Gasteiger partial charge in [-0.25, -0.2) is 0 Å². The molecule has 0 aromatic carbocycles. The molecular formula is C10H14N4O3S. The molecule has 1 aromatic heterocycles. The Labute approximate surface area is 109 Å². The van der Waals surface area contributed by atoms with Crippen LogP contribution in [0.15, 0.2) is 10.9 Å². The van der Waals surface area contributed by atoms with Crippen molar-refractivity contribution in [3.8, 4) is 0 Å². The quantitative estimate of drug-likeness (QED) is 0.728. The van der Waals surface area contributed by atoms with Crippen molar-refractivity contribution < 1.29 is 14.1 Å². The number of rotatable bonds is 4. The molecule has 1 amide bonds. The first-order valence-electron chi connectivity index (χ1n) is 5.56. The van der Waals surface area contributed by atoms with Gasteiger partial charge >= 0.3 is 0 Å². The number of hydrogen-bond donors (Lipinski definition) is 2. The van der Waals surface area contributed by atoms with Crippen LogP contribution in [0.4, 0.5) is 0 Å². The summed E-state index contributed by atoms with van der Waals surface area (Å²) in [6.45, 7) is 1.15. The summed E-state index contributed by atoms with van der Waals surface area (Å²) in [6, 6.07) is 0. The average molecular weight is 270 g/mol. The summed E-state index contributed by atoms with van der Waals surface area (Å²) in [4.78, 5) is 16.3. The van der Waals surface area contributed by atoms with E-state index in [2.05, 4.69) is 20.0 Å². The highest BCUT2D eigenvalue weighted by molar-refractivity contribution is 7.80. The minimum absolute atomic E-state index is 0.195. The molecule has 2 rings (SSSR count). The van der Waals surface area contributed by atoms with Crippen molar-refractivity contribution in [2.24, 2.45) is 11.1 Å². The molecule has 1 aliphatic rings. The first-order chi connectivity index (χ1) is 8.65. The number of amides is 1. The predicted molar refractivity (Wildman–Crippen MR) is 65.4 cm³/mol. The van der Waals surface area contributed by atoms with Crippen LogP contribution >= 0.6 is 12.2 Å². The number of ether oxygens (including phenoxy) is 1. The van der Waals surface area contributed by atoms with E-state index in [1.807, 2.05) is 0 Å². The summed E-state index contributed by atoms with van der Waals surface area (Å²) in [7, 11) is 0. The zero-order valence-electron chi connectivity index (χ0n) is 9.72. The molecule has 1 saturated heterocycles. The number of nitrogens with zero attached hydrogens (tertiary/aromatic N) is 2. The standard InChI is InChI=1S/C10H14N4O3S/c11-8(18)10(1-3-16-4-2-10)9(15)12-5-7-13-6-17-14-7/h6H,1-5H2,(H2,11,18)(H,12,15). The Bertz CT molecular complexity index is 428. The van der Waals surface area contributed by atoms with Crippen molar-refractivity contribution in [3.05, 3.63) is 12.2 Å². The van der Waals surface area contributed by atoms with Gasteiger partial charge in [-0.2, -0.15) is 4.98 Å². The van der Waals surface area contributed by atoms with Crippen molar-refractivity contribution in [2.45, 2.75) is 19.4 Å². The lowest BCUT2D eigenvalue weighted by Gasteiger charge is -2.34. The second-order valence-corrected chi connectivity index (χ2v) is 4.53. The number of aromatic nitrogens is 2. The van der Waals surface area contributed by atoms with Crippen LogP contribution < -0.4 is 11.1 Å². The first kappa shape index (κ1) is 12.9. The molecule has 98 valence electrons. The SMILES string of the molecule is NC(=S)C1(C(=O)NCc2ncon2)CCOCC1. The fourth-order valence-corrected chi connectivity index (χ4v) is 2.20. The van der Waals surface area contributed by atoms with Crippen LogP contribution in [0.3, 0.4) is 0 Å². The third-order valence-corrected chi connectivity index (χ3v) is 3.46. The number of thiocarbonyl (C=S) groups is 1. The summed E-state index contributed by atoms with van der Waals surface area (Å²) in [6.07, 6.45) is 2.21. The molecule has 0 bridgehead atoms. The fraction of sp³-hybridized carbons (Fsp3) is 0.600. The molecule has 1 aromatic rings. The predicted octanol–water partition coefficient (Wildman–Crippen LogP) is -0.231. The van der Waals surface area contributed by atoms with Crippen LogP contribution in [-0.4, -0.2) is 34.3 Å². The smallest absolute Gasteiger partial charge is 0.233 e. The highest BCUT2D eigenvalue weighted by atomic mass is 32.1. The third-order valence-electron chi connectivity index (χ3n) is 3.07. The van der Waals surface area contributed by atoms with Gasteiger partial charge in [0.2, 0.25) is 12.3 Å². The van der Waals surface area contributed by atoms with Crippen LogP contribution in [0.2, 0.25) is 0 Å². The lowest BCUT2D eigenvalue weighted by molar-refractivity contribution is -0.131. The van der Waals surface area contributed by atoms with Gasteiger partial charge in [-0.3, -0.25) is 4.79 Å². The molecule has 3 N–H and O–H groups in total. The number of carbonyl (C=O) groups excluding carboxylic acids is 1. The highest BCUT2D eigenvalue weighted by Gasteiger charge is 2.42. The lowest BCUT2D eigenvalue weighted by atomic mass is 9.79. The zero-order valence-corrected chi connectivity index (χ0v) is 10.5. The summed E-state index contributed by atoms with van der Waals surface area (Å²) >= 11 is 5.03. The van der Waals surface area contributed by atoms with Crippen LogP contribution in [0.5, 0.6) is 0 Å². The first-order valence-corrected chi connectivity index (χ1v) is 5.97. The van der Waals surface area contributed by atoms with Gasteiger partial charge in [0.25, 0.3) is 0 Å². The summed E-state index contributed by atoms with van der Waals surface area (Å²) in [5.41, 5.74) is 4.90. The Kier molecular flexibility index (Phi) is 3.87. The minimum Gasteiger partial charge on any atom is -0.392 e. The molecular weight excluding hydrogens is 256 g/mol. The van der Waals surface area contributed by atoms with Crippen molar-refractivity contribution >= 4 is 23.1 Å². The second kappa shape index (κ2) is 5.40. The van der Waals surface area contributed by atoms with E-state index >= 15 is 0 Å². The van der Waals surface area contributed by atoms with E-state index in [1.165, 1.54) is 6.39 Å². The molecule has 0 unspecified atom stereocenters. The molecule has 1 fully saturated rings. The van der Waals surface area contributed by atoms with Gasteiger partial charge in [0, 0.05) is 13.2 Å². The lowest BCUT2D eigenvalue weighted by Crippen LogP contribution is -2.51. The molecule has 0 radical (unpaired) electrons.